The number of carbonyl (C=O) groups is 1. The van der Waals surface area contributed by atoms with Crippen LogP contribution in [0.25, 0.3) is 0 Å². The van der Waals surface area contributed by atoms with Crippen molar-refractivity contribution in [2.75, 3.05) is 32.2 Å². The van der Waals surface area contributed by atoms with Crippen molar-refractivity contribution in [3.8, 4) is 0 Å². The van der Waals surface area contributed by atoms with Crippen LogP contribution in [0.2, 0.25) is 0 Å². The van der Waals surface area contributed by atoms with Crippen LogP contribution < -0.4 is 4.90 Å². The van der Waals surface area contributed by atoms with E-state index in [0.717, 1.165) is 5.69 Å². The lowest BCUT2D eigenvalue weighted by Crippen LogP contribution is -2.08. The van der Waals surface area contributed by atoms with Crippen LogP contribution in [0.15, 0.2) is 24.3 Å². The van der Waals surface area contributed by atoms with Gasteiger partial charge in [-0.3, -0.25) is 0 Å². The van der Waals surface area contributed by atoms with Crippen LogP contribution in [0.4, 0.5) is 5.69 Å². The zero-order valence-electron chi connectivity index (χ0n) is 9.42. The largest absolute Gasteiger partial charge is 0.478 e. The minimum Gasteiger partial charge on any atom is -0.478 e. The van der Waals surface area contributed by atoms with E-state index in [1.165, 1.54) is 0 Å². The first-order valence-corrected chi connectivity index (χ1v) is 4.75. The number of benzene rings is 1. The van der Waals surface area contributed by atoms with Gasteiger partial charge in [0.2, 0.25) is 0 Å². The number of aromatic carboxylic acids is 1. The summed E-state index contributed by atoms with van der Waals surface area (Å²) in [6, 6.07) is 6.75. The van der Waals surface area contributed by atoms with E-state index in [-0.39, 0.29) is 13.2 Å². The third-order valence-corrected chi connectivity index (χ3v) is 1.73. The molecule has 0 aliphatic heterocycles. The number of rotatable bonds is 3. The average Bonchev–Trinajstić information content (AvgIpc) is 2.29. The van der Waals surface area contributed by atoms with Gasteiger partial charge < -0.3 is 20.2 Å². The van der Waals surface area contributed by atoms with Crippen LogP contribution in [-0.2, 0) is 0 Å². The van der Waals surface area contributed by atoms with E-state index in [0.29, 0.717) is 5.56 Å². The van der Waals surface area contributed by atoms with Gasteiger partial charge in [0.25, 0.3) is 0 Å². The van der Waals surface area contributed by atoms with Crippen LogP contribution in [-0.4, -0.2) is 48.6 Å². The second-order valence-electron chi connectivity index (χ2n) is 3.19. The number of hydrogen-bond donors (Lipinski definition) is 3. The molecule has 0 amide bonds. The van der Waals surface area contributed by atoms with Gasteiger partial charge in [-0.2, -0.15) is 0 Å². The summed E-state index contributed by atoms with van der Waals surface area (Å²) in [6.07, 6.45) is 0. The van der Waals surface area contributed by atoms with E-state index in [2.05, 4.69) is 0 Å². The molecule has 0 heterocycles. The minimum atomic E-state index is -0.889. The molecule has 16 heavy (non-hydrogen) atoms. The Morgan fingerprint density at radius 1 is 1.12 bits per heavy atom. The zero-order valence-corrected chi connectivity index (χ0v) is 9.42. The molecule has 0 saturated carbocycles. The third kappa shape index (κ3) is 5.33. The number of anilines is 1. The monoisotopic (exact) mass is 227 g/mol. The Hall–Kier alpha value is -1.59. The summed E-state index contributed by atoms with van der Waals surface area (Å²) in [5.41, 5.74) is 1.32. The topological polar surface area (TPSA) is 81.0 Å². The number of hydrogen-bond acceptors (Lipinski definition) is 4. The van der Waals surface area contributed by atoms with Crippen molar-refractivity contribution in [1.82, 2.24) is 0 Å². The highest BCUT2D eigenvalue weighted by Gasteiger charge is 2.01. The van der Waals surface area contributed by atoms with Gasteiger partial charge in [-0.25, -0.2) is 4.79 Å². The first kappa shape index (κ1) is 14.4. The van der Waals surface area contributed by atoms with Gasteiger partial charge >= 0.3 is 5.97 Å². The number of nitrogens with zero attached hydrogens (tertiary/aromatic N) is 1. The number of aliphatic hydroxyl groups excluding tert-OH is 2. The molecule has 0 atom stereocenters. The molecule has 0 aliphatic rings. The van der Waals surface area contributed by atoms with Crippen molar-refractivity contribution in [3.05, 3.63) is 29.8 Å². The van der Waals surface area contributed by atoms with Crippen molar-refractivity contribution < 1.29 is 20.1 Å². The third-order valence-electron chi connectivity index (χ3n) is 1.73. The Balaban J connectivity index is 0.000000487. The Morgan fingerprint density at radius 2 is 1.56 bits per heavy atom. The van der Waals surface area contributed by atoms with Crippen molar-refractivity contribution >= 4 is 11.7 Å². The summed E-state index contributed by atoms with van der Waals surface area (Å²) in [5, 5.41) is 23.9. The SMILES string of the molecule is CN(C)c1ccc(C(=O)O)cc1.OCCO. The molecule has 3 N–H and O–H groups in total. The molecule has 0 bridgehead atoms. The lowest BCUT2D eigenvalue weighted by Gasteiger charge is -2.11. The predicted molar refractivity (Wildman–Crippen MR) is 61.9 cm³/mol. The van der Waals surface area contributed by atoms with Crippen molar-refractivity contribution in [3.63, 3.8) is 0 Å². The first-order chi connectivity index (χ1) is 7.52. The van der Waals surface area contributed by atoms with Crippen molar-refractivity contribution in [2.45, 2.75) is 0 Å². The lowest BCUT2D eigenvalue weighted by atomic mass is 10.2. The zero-order chi connectivity index (χ0) is 12.6. The highest BCUT2D eigenvalue weighted by atomic mass is 16.4. The molecule has 5 nitrogen and oxygen atoms in total. The van der Waals surface area contributed by atoms with Gasteiger partial charge in [0.05, 0.1) is 18.8 Å². The number of carboxylic acid groups (broad SMARTS) is 1. The summed E-state index contributed by atoms with van der Waals surface area (Å²) in [4.78, 5) is 12.4. The fourth-order valence-electron chi connectivity index (χ4n) is 0.902. The summed E-state index contributed by atoms with van der Waals surface area (Å²) < 4.78 is 0. The Morgan fingerprint density at radius 3 is 1.81 bits per heavy atom. The molecule has 0 saturated heterocycles. The average molecular weight is 227 g/mol. The maximum absolute atomic E-state index is 10.5. The van der Waals surface area contributed by atoms with Crippen molar-refractivity contribution in [1.29, 1.82) is 0 Å². The highest BCUT2D eigenvalue weighted by Crippen LogP contribution is 2.11. The summed E-state index contributed by atoms with van der Waals surface area (Å²) in [6.45, 7) is -0.250. The summed E-state index contributed by atoms with van der Waals surface area (Å²) in [7, 11) is 3.82. The van der Waals surface area contributed by atoms with E-state index in [9.17, 15) is 4.79 Å². The molecule has 1 aromatic rings. The van der Waals surface area contributed by atoms with Gasteiger partial charge in [-0.05, 0) is 24.3 Å². The van der Waals surface area contributed by atoms with Gasteiger partial charge in [0, 0.05) is 19.8 Å². The molecular weight excluding hydrogens is 210 g/mol. The van der Waals surface area contributed by atoms with Crippen LogP contribution in [0.5, 0.6) is 0 Å². The Bertz CT molecular complexity index is 306. The normalized spacial score (nSPS) is 9.00. The van der Waals surface area contributed by atoms with Crippen LogP contribution >= 0.6 is 0 Å². The van der Waals surface area contributed by atoms with E-state index < -0.39 is 5.97 Å². The van der Waals surface area contributed by atoms with E-state index in [1.54, 1.807) is 24.3 Å². The maximum atomic E-state index is 10.5. The quantitative estimate of drug-likeness (QED) is 0.697. The molecule has 1 rings (SSSR count). The maximum Gasteiger partial charge on any atom is 0.335 e. The Labute approximate surface area is 94.6 Å². The standard InChI is InChI=1S/C9H11NO2.C2H6O2/c1-10(2)8-5-3-7(4-6-8)9(11)12;3-1-2-4/h3-6H,1-2H3,(H,11,12);3-4H,1-2H2. The predicted octanol–water partition coefficient (Wildman–Crippen LogP) is 0.422. The molecule has 0 aromatic heterocycles. The van der Waals surface area contributed by atoms with Gasteiger partial charge in [0.15, 0.2) is 0 Å². The fourth-order valence-corrected chi connectivity index (χ4v) is 0.902. The molecule has 0 fully saturated rings. The minimum absolute atomic E-state index is 0.125. The van der Waals surface area contributed by atoms with Crippen LogP contribution in [0.3, 0.4) is 0 Å². The van der Waals surface area contributed by atoms with E-state index in [4.69, 9.17) is 15.3 Å². The highest BCUT2D eigenvalue weighted by molar-refractivity contribution is 5.88. The Kier molecular flexibility index (Phi) is 6.91. The van der Waals surface area contributed by atoms with Gasteiger partial charge in [-0.1, -0.05) is 0 Å². The van der Waals surface area contributed by atoms with Crippen LogP contribution in [0.1, 0.15) is 10.4 Å². The molecule has 5 heteroatoms. The van der Waals surface area contributed by atoms with E-state index >= 15 is 0 Å². The van der Waals surface area contributed by atoms with E-state index in [1.807, 2.05) is 19.0 Å². The lowest BCUT2D eigenvalue weighted by molar-refractivity contribution is 0.0697. The van der Waals surface area contributed by atoms with Crippen molar-refractivity contribution in [2.24, 2.45) is 0 Å². The molecule has 1 aromatic carbocycles. The van der Waals surface area contributed by atoms with Gasteiger partial charge in [0.1, 0.15) is 0 Å². The smallest absolute Gasteiger partial charge is 0.335 e. The molecule has 0 unspecified atom stereocenters. The fraction of sp³-hybridized carbons (Fsp3) is 0.364. The van der Waals surface area contributed by atoms with Crippen LogP contribution in [0, 0.1) is 0 Å². The molecule has 0 spiro atoms. The number of aliphatic hydroxyl groups is 2. The summed E-state index contributed by atoms with van der Waals surface area (Å²) >= 11 is 0. The summed E-state index contributed by atoms with van der Waals surface area (Å²) in [5.74, 6) is -0.889. The molecule has 0 radical (unpaired) electrons. The molecule has 0 aliphatic carbocycles. The molecular formula is C11H17NO4. The number of carboxylic acids is 1. The van der Waals surface area contributed by atoms with Gasteiger partial charge in [-0.15, -0.1) is 0 Å². The molecule has 90 valence electrons. The second-order valence-corrected chi connectivity index (χ2v) is 3.19. The first-order valence-electron chi connectivity index (χ1n) is 4.75. The second kappa shape index (κ2) is 7.67.